The van der Waals surface area contributed by atoms with E-state index in [1.54, 1.807) is 4.90 Å². The van der Waals surface area contributed by atoms with Crippen molar-refractivity contribution >= 4 is 12.2 Å². The number of rotatable bonds is 3. The lowest BCUT2D eigenvalue weighted by atomic mass is 9.77. The summed E-state index contributed by atoms with van der Waals surface area (Å²) in [6.45, 7) is 18.7. The van der Waals surface area contributed by atoms with Gasteiger partial charge in [0.2, 0.25) is 0 Å². The fourth-order valence-corrected chi connectivity index (χ4v) is 7.21. The maximum absolute atomic E-state index is 12.0. The number of likely N-dealkylation sites (tertiary alicyclic amines) is 2. The molecule has 7 nitrogen and oxygen atoms in total. The van der Waals surface area contributed by atoms with Gasteiger partial charge in [-0.05, 0) is 93.8 Å². The Labute approximate surface area is 211 Å². The Morgan fingerprint density at radius 2 is 1.57 bits per heavy atom. The first-order valence-electron chi connectivity index (χ1n) is 13.4. The molecule has 2 saturated carbocycles. The summed E-state index contributed by atoms with van der Waals surface area (Å²) in [4.78, 5) is 26.8. The third-order valence-electron chi connectivity index (χ3n) is 8.46. The number of hydrogen-bond donors (Lipinski definition) is 2. The molecule has 7 atom stereocenters. The molecule has 0 aromatic rings. The van der Waals surface area contributed by atoms with Crippen molar-refractivity contribution in [1.82, 2.24) is 9.80 Å². The second kappa shape index (κ2) is 10.7. The topological polar surface area (TPSA) is 90.3 Å². The lowest BCUT2D eigenvalue weighted by Crippen LogP contribution is -2.45. The third-order valence-corrected chi connectivity index (χ3v) is 8.46. The smallest absolute Gasteiger partial charge is 0.410 e. The first kappa shape index (κ1) is 27.8. The Balaban J connectivity index is 0.000000196. The number of amides is 2. The molecule has 4 rings (SSSR count). The Bertz CT molecular complexity index is 756. The van der Waals surface area contributed by atoms with Crippen LogP contribution in [0.3, 0.4) is 0 Å². The van der Waals surface area contributed by atoms with Crippen molar-refractivity contribution in [1.29, 1.82) is 0 Å². The predicted octanol–water partition coefficient (Wildman–Crippen LogP) is 5.49. The van der Waals surface area contributed by atoms with E-state index in [2.05, 4.69) is 27.4 Å². The minimum absolute atomic E-state index is 0.0217. The van der Waals surface area contributed by atoms with E-state index in [1.807, 2.05) is 31.7 Å². The molecule has 200 valence electrons. The summed E-state index contributed by atoms with van der Waals surface area (Å²) in [5.41, 5.74) is -0.387. The normalized spacial score (nSPS) is 34.2. The van der Waals surface area contributed by atoms with Gasteiger partial charge in [0.15, 0.2) is 0 Å². The number of carbonyl (C=O) groups is 2. The zero-order chi connectivity index (χ0) is 26.1. The van der Waals surface area contributed by atoms with E-state index < -0.39 is 11.7 Å². The van der Waals surface area contributed by atoms with Gasteiger partial charge in [0, 0.05) is 32.3 Å². The molecule has 0 aromatic heterocycles. The van der Waals surface area contributed by atoms with Crippen LogP contribution in [-0.4, -0.2) is 70.1 Å². The van der Waals surface area contributed by atoms with Gasteiger partial charge in [0.25, 0.3) is 0 Å². The Hall–Kier alpha value is -1.76. The number of aliphatic hydroxyl groups excluding tert-OH is 1. The predicted molar refractivity (Wildman–Crippen MR) is 137 cm³/mol. The van der Waals surface area contributed by atoms with Crippen LogP contribution < -0.4 is 0 Å². The van der Waals surface area contributed by atoms with E-state index in [0.29, 0.717) is 48.7 Å². The van der Waals surface area contributed by atoms with Crippen LogP contribution in [0.4, 0.5) is 9.59 Å². The molecule has 7 heteroatoms. The van der Waals surface area contributed by atoms with Gasteiger partial charge in [0.05, 0.1) is 0 Å². The summed E-state index contributed by atoms with van der Waals surface area (Å²) in [5.74, 6) is 3.55. The van der Waals surface area contributed by atoms with E-state index in [1.165, 1.54) is 0 Å². The lowest BCUT2D eigenvalue weighted by Gasteiger charge is -2.37. The third kappa shape index (κ3) is 6.72. The Morgan fingerprint density at radius 3 is 2.03 bits per heavy atom. The number of fused-ring (bicyclic) bond motifs is 2. The van der Waals surface area contributed by atoms with Crippen molar-refractivity contribution in [2.75, 3.05) is 26.2 Å². The highest BCUT2D eigenvalue weighted by Crippen LogP contribution is 2.50. The summed E-state index contributed by atoms with van der Waals surface area (Å²) in [5, 5.41) is 18.3. The number of hydrogen-bond acceptors (Lipinski definition) is 4. The number of allylic oxidation sites excluding steroid dienone is 1. The molecule has 2 heterocycles. The molecule has 0 spiro atoms. The fraction of sp³-hybridized carbons (Fsp3) is 0.857. The molecule has 0 bridgehead atoms. The first-order valence-corrected chi connectivity index (χ1v) is 13.4. The highest BCUT2D eigenvalue weighted by Gasteiger charge is 2.52. The second-order valence-electron chi connectivity index (χ2n) is 13.4. The van der Waals surface area contributed by atoms with E-state index in [9.17, 15) is 14.7 Å². The van der Waals surface area contributed by atoms with Crippen LogP contribution in [-0.2, 0) is 4.74 Å². The number of carboxylic acid groups (broad SMARTS) is 1. The quantitative estimate of drug-likeness (QED) is 0.509. The zero-order valence-electron chi connectivity index (χ0n) is 22.7. The van der Waals surface area contributed by atoms with Gasteiger partial charge >= 0.3 is 12.2 Å². The van der Waals surface area contributed by atoms with Crippen LogP contribution >= 0.6 is 0 Å². The van der Waals surface area contributed by atoms with Gasteiger partial charge < -0.3 is 24.7 Å². The molecule has 35 heavy (non-hydrogen) atoms. The van der Waals surface area contributed by atoms with Crippen LogP contribution in [0.5, 0.6) is 0 Å². The number of ether oxygens (including phenoxy) is 1. The maximum Gasteiger partial charge on any atom is 0.410 e. The van der Waals surface area contributed by atoms with Crippen LogP contribution in [0.1, 0.15) is 73.6 Å². The number of carbonyl (C=O) groups excluding carboxylic acids is 1. The number of aliphatic hydroxyl groups is 1. The van der Waals surface area contributed by atoms with Gasteiger partial charge in [-0.25, -0.2) is 9.59 Å². The van der Waals surface area contributed by atoms with E-state index in [-0.39, 0.29) is 17.6 Å². The standard InChI is InChI=1S/C14H25NO3.C14H23NO2/c1-14(2,3)18-13(17)15-8-11-6-10(4-5-16)7-12(11)9-15;1-5-9-6-10-8-15(13(16)17)12(11(10)7-9)14(2,3)4/h10-12,16H,4-9H2,1-3H3;5,9-12H,1,6-8H2,2-4H3,(H,16,17)/t10?,11-,12+;9-,10+,11+,12?/m.1/s1. The van der Waals surface area contributed by atoms with Gasteiger partial charge in [0.1, 0.15) is 5.60 Å². The van der Waals surface area contributed by atoms with Gasteiger partial charge in [-0.2, -0.15) is 0 Å². The van der Waals surface area contributed by atoms with Crippen molar-refractivity contribution < 1.29 is 24.5 Å². The monoisotopic (exact) mass is 492 g/mol. The first-order chi connectivity index (χ1) is 16.2. The van der Waals surface area contributed by atoms with Crippen LogP contribution in [0.15, 0.2) is 12.7 Å². The second-order valence-corrected chi connectivity index (χ2v) is 13.4. The van der Waals surface area contributed by atoms with E-state index >= 15 is 0 Å². The van der Waals surface area contributed by atoms with Crippen molar-refractivity contribution in [3.05, 3.63) is 12.7 Å². The lowest BCUT2D eigenvalue weighted by molar-refractivity contribution is 0.0276. The molecule has 2 aliphatic carbocycles. The van der Waals surface area contributed by atoms with Crippen LogP contribution in [0.2, 0.25) is 0 Å². The molecule has 2 N–H and O–H groups in total. The average Bonchev–Trinajstić information content (AvgIpc) is 3.44. The molecule has 4 fully saturated rings. The molecule has 2 saturated heterocycles. The molecular formula is C28H48N2O5. The average molecular weight is 493 g/mol. The largest absolute Gasteiger partial charge is 0.465 e. The van der Waals surface area contributed by atoms with Crippen molar-refractivity contribution in [3.63, 3.8) is 0 Å². The Kier molecular flexibility index (Phi) is 8.50. The maximum atomic E-state index is 12.0. The van der Waals surface area contributed by atoms with Crippen LogP contribution in [0, 0.1) is 40.9 Å². The summed E-state index contributed by atoms with van der Waals surface area (Å²) >= 11 is 0. The minimum Gasteiger partial charge on any atom is -0.465 e. The van der Waals surface area contributed by atoms with Crippen molar-refractivity contribution in [3.8, 4) is 0 Å². The molecule has 4 aliphatic rings. The van der Waals surface area contributed by atoms with Crippen molar-refractivity contribution in [2.45, 2.75) is 85.3 Å². The highest BCUT2D eigenvalue weighted by molar-refractivity contribution is 5.68. The molecule has 0 radical (unpaired) electrons. The Morgan fingerprint density at radius 1 is 0.971 bits per heavy atom. The number of nitrogens with zero attached hydrogens (tertiary/aromatic N) is 2. The van der Waals surface area contributed by atoms with Gasteiger partial charge in [-0.15, -0.1) is 6.58 Å². The summed E-state index contributed by atoms with van der Waals surface area (Å²) in [6, 6.07) is 0.162. The summed E-state index contributed by atoms with van der Waals surface area (Å²) in [7, 11) is 0. The molecule has 2 amide bonds. The highest BCUT2D eigenvalue weighted by atomic mass is 16.6. The fourth-order valence-electron chi connectivity index (χ4n) is 7.21. The summed E-state index contributed by atoms with van der Waals surface area (Å²) < 4.78 is 5.41. The zero-order valence-corrected chi connectivity index (χ0v) is 22.7. The molecule has 2 unspecified atom stereocenters. The van der Waals surface area contributed by atoms with Gasteiger partial charge in [-0.1, -0.05) is 26.8 Å². The SMILES string of the molecule is C=C[C@@H]1C[C@H]2CN(C(=O)O)C(C(C)(C)C)[C@H]2C1.CC(C)(C)OC(=O)N1C[C@H]2CC(CCO)C[C@H]2C1. The van der Waals surface area contributed by atoms with Crippen molar-refractivity contribution in [2.24, 2.45) is 40.9 Å². The molecular weight excluding hydrogens is 444 g/mol. The van der Waals surface area contributed by atoms with E-state index in [4.69, 9.17) is 9.84 Å². The van der Waals surface area contributed by atoms with Gasteiger partial charge in [-0.3, -0.25) is 0 Å². The van der Waals surface area contributed by atoms with E-state index in [0.717, 1.165) is 45.2 Å². The van der Waals surface area contributed by atoms with Crippen LogP contribution in [0.25, 0.3) is 0 Å². The minimum atomic E-state index is -0.755. The molecule has 2 aliphatic heterocycles. The molecule has 0 aromatic carbocycles. The summed E-state index contributed by atoms with van der Waals surface area (Å²) in [6.07, 6.45) is 6.58.